The van der Waals surface area contributed by atoms with Crippen LogP contribution >= 0.6 is 0 Å². The van der Waals surface area contributed by atoms with Crippen LogP contribution in [0.1, 0.15) is 23.1 Å². The molecule has 1 N–H and O–H groups in total. The number of hydrogen-bond acceptors (Lipinski definition) is 3. The van der Waals surface area contributed by atoms with Gasteiger partial charge in [-0.2, -0.15) is 0 Å². The highest BCUT2D eigenvalue weighted by molar-refractivity contribution is 7.89. The Morgan fingerprint density at radius 2 is 1.85 bits per heavy atom. The van der Waals surface area contributed by atoms with Gasteiger partial charge in [-0.3, -0.25) is 4.79 Å². The second-order valence-corrected chi connectivity index (χ2v) is 9.00. The Labute approximate surface area is 161 Å². The molecule has 144 valence electrons. The maximum absolute atomic E-state index is 12.6. The van der Waals surface area contributed by atoms with E-state index in [9.17, 15) is 13.2 Å². The van der Waals surface area contributed by atoms with E-state index in [1.54, 1.807) is 19.1 Å². The topological polar surface area (TPSA) is 66.5 Å². The molecule has 0 aromatic heterocycles. The van der Waals surface area contributed by atoms with E-state index in [1.807, 2.05) is 36.1 Å². The van der Waals surface area contributed by atoms with Gasteiger partial charge in [-0.05, 0) is 43.4 Å². The minimum atomic E-state index is -3.57. The normalized spacial score (nSPS) is 17.5. The Morgan fingerprint density at radius 1 is 1.11 bits per heavy atom. The van der Waals surface area contributed by atoms with E-state index >= 15 is 0 Å². The molecule has 6 heteroatoms. The number of nitrogens with zero attached hydrogens (tertiary/aromatic N) is 1. The lowest BCUT2D eigenvalue weighted by Gasteiger charge is -2.17. The quantitative estimate of drug-likeness (QED) is 0.796. The third-order valence-corrected chi connectivity index (χ3v) is 6.57. The molecule has 27 heavy (non-hydrogen) atoms. The van der Waals surface area contributed by atoms with Crippen molar-refractivity contribution in [2.24, 2.45) is 5.92 Å². The number of rotatable bonds is 7. The molecule has 5 nitrogen and oxygen atoms in total. The summed E-state index contributed by atoms with van der Waals surface area (Å²) in [5, 5.41) is 0. The van der Waals surface area contributed by atoms with Gasteiger partial charge < -0.3 is 4.90 Å². The van der Waals surface area contributed by atoms with Gasteiger partial charge >= 0.3 is 0 Å². The second kappa shape index (κ2) is 8.23. The lowest BCUT2D eigenvalue weighted by molar-refractivity contribution is -0.127. The number of likely N-dealkylation sites (tertiary alicyclic amines) is 1. The number of hydrogen-bond donors (Lipinski definition) is 1. The van der Waals surface area contributed by atoms with Gasteiger partial charge in [-0.25, -0.2) is 13.1 Å². The number of benzene rings is 2. The highest BCUT2D eigenvalue weighted by Gasteiger charge is 2.30. The van der Waals surface area contributed by atoms with Gasteiger partial charge in [-0.1, -0.05) is 48.0 Å². The van der Waals surface area contributed by atoms with E-state index in [2.05, 4.69) is 16.9 Å². The molecular weight excluding hydrogens is 360 g/mol. The van der Waals surface area contributed by atoms with Crippen molar-refractivity contribution in [2.75, 3.05) is 19.6 Å². The molecule has 1 saturated heterocycles. The van der Waals surface area contributed by atoms with Gasteiger partial charge in [0.15, 0.2) is 0 Å². The maximum atomic E-state index is 12.6. The number of amides is 1. The number of aryl methyl sites for hydroxylation is 2. The van der Waals surface area contributed by atoms with Crippen molar-refractivity contribution < 1.29 is 13.2 Å². The Morgan fingerprint density at radius 3 is 2.56 bits per heavy atom. The molecule has 0 radical (unpaired) electrons. The maximum Gasteiger partial charge on any atom is 0.240 e. The predicted octanol–water partition coefficient (Wildman–Crippen LogP) is 2.67. The third kappa shape index (κ3) is 4.96. The Kier molecular flexibility index (Phi) is 5.97. The van der Waals surface area contributed by atoms with Gasteiger partial charge in [0.05, 0.1) is 4.90 Å². The van der Waals surface area contributed by atoms with Crippen molar-refractivity contribution in [3.05, 3.63) is 65.2 Å². The van der Waals surface area contributed by atoms with Crippen LogP contribution < -0.4 is 4.72 Å². The van der Waals surface area contributed by atoms with Crippen molar-refractivity contribution >= 4 is 15.9 Å². The summed E-state index contributed by atoms with van der Waals surface area (Å²) in [5.41, 5.74) is 2.96. The summed E-state index contributed by atoms with van der Waals surface area (Å²) < 4.78 is 27.9. The Bertz CT molecular complexity index is 910. The van der Waals surface area contributed by atoms with Crippen LogP contribution in [0.4, 0.5) is 0 Å². The van der Waals surface area contributed by atoms with E-state index in [0.717, 1.165) is 17.5 Å². The highest BCUT2D eigenvalue weighted by atomic mass is 32.2. The lowest BCUT2D eigenvalue weighted by Crippen LogP contribution is -2.32. The summed E-state index contributed by atoms with van der Waals surface area (Å²) in [4.78, 5) is 14.4. The lowest BCUT2D eigenvalue weighted by atomic mass is 10.1. The van der Waals surface area contributed by atoms with E-state index in [-0.39, 0.29) is 18.4 Å². The molecule has 2 aromatic carbocycles. The molecule has 0 aliphatic carbocycles. The summed E-state index contributed by atoms with van der Waals surface area (Å²) >= 11 is 0. The molecule has 1 atom stereocenters. The average Bonchev–Trinajstić information content (AvgIpc) is 2.99. The number of carbonyl (C=O) groups is 1. The summed E-state index contributed by atoms with van der Waals surface area (Å²) in [6.07, 6.45) is 1.21. The first-order valence-electron chi connectivity index (χ1n) is 9.24. The van der Waals surface area contributed by atoms with Crippen molar-refractivity contribution in [3.8, 4) is 0 Å². The molecule has 3 rings (SSSR count). The van der Waals surface area contributed by atoms with Crippen LogP contribution in [0.15, 0.2) is 53.4 Å². The minimum absolute atomic E-state index is 0.00815. The Hall–Kier alpha value is -2.18. The predicted molar refractivity (Wildman–Crippen MR) is 106 cm³/mol. The van der Waals surface area contributed by atoms with Crippen molar-refractivity contribution in [3.63, 3.8) is 0 Å². The van der Waals surface area contributed by atoms with E-state index < -0.39 is 10.0 Å². The van der Waals surface area contributed by atoms with Crippen LogP contribution in [0, 0.1) is 19.8 Å². The van der Waals surface area contributed by atoms with E-state index in [0.29, 0.717) is 24.4 Å². The first-order chi connectivity index (χ1) is 12.8. The average molecular weight is 387 g/mol. The molecule has 1 amide bonds. The fraction of sp³-hybridized carbons (Fsp3) is 0.381. The fourth-order valence-corrected chi connectivity index (χ4v) is 4.86. The van der Waals surface area contributed by atoms with Crippen LogP contribution in [0.3, 0.4) is 0 Å². The van der Waals surface area contributed by atoms with Crippen LogP contribution in [0.25, 0.3) is 0 Å². The largest absolute Gasteiger partial charge is 0.342 e. The van der Waals surface area contributed by atoms with Crippen molar-refractivity contribution in [1.82, 2.24) is 9.62 Å². The minimum Gasteiger partial charge on any atom is -0.342 e. The van der Waals surface area contributed by atoms with Gasteiger partial charge in [0.25, 0.3) is 0 Å². The summed E-state index contributed by atoms with van der Waals surface area (Å²) in [7, 11) is -3.57. The number of nitrogens with one attached hydrogen (secondary N) is 1. The molecule has 1 aliphatic rings. The summed E-state index contributed by atoms with van der Waals surface area (Å²) in [6.45, 7) is 5.28. The number of sulfonamides is 1. The molecule has 0 spiro atoms. The number of carbonyl (C=O) groups excluding carboxylic acids is 1. The molecular formula is C21H26N2O3S. The molecule has 0 bridgehead atoms. The highest BCUT2D eigenvalue weighted by Crippen LogP contribution is 2.20. The molecule has 1 aliphatic heterocycles. The summed E-state index contributed by atoms with van der Waals surface area (Å²) in [6, 6.07) is 15.4. The van der Waals surface area contributed by atoms with Crippen LogP contribution in [0.2, 0.25) is 0 Å². The Balaban J connectivity index is 1.55. The van der Waals surface area contributed by atoms with Gasteiger partial charge in [0.2, 0.25) is 15.9 Å². The molecule has 1 fully saturated rings. The first kappa shape index (κ1) is 19.6. The van der Waals surface area contributed by atoms with Crippen molar-refractivity contribution in [2.45, 2.75) is 31.6 Å². The molecule has 1 heterocycles. The smallest absolute Gasteiger partial charge is 0.240 e. The molecule has 0 saturated carbocycles. The van der Waals surface area contributed by atoms with E-state index in [4.69, 9.17) is 0 Å². The van der Waals surface area contributed by atoms with Gasteiger partial charge in [0, 0.05) is 26.1 Å². The standard InChI is InChI=1S/C21H26N2O3S/c1-16-8-9-20(17(2)12-16)27(25,26)22-14-19-13-21(24)23(15-19)11-10-18-6-4-3-5-7-18/h3-9,12,19,22H,10-11,13-15H2,1-2H3. The van der Waals surface area contributed by atoms with Crippen LogP contribution in [0.5, 0.6) is 0 Å². The van der Waals surface area contributed by atoms with Crippen molar-refractivity contribution in [1.29, 1.82) is 0 Å². The third-order valence-electron chi connectivity index (χ3n) is 4.99. The zero-order chi connectivity index (χ0) is 19.4. The molecule has 2 aromatic rings. The zero-order valence-electron chi connectivity index (χ0n) is 15.8. The van der Waals surface area contributed by atoms with Crippen LogP contribution in [-0.4, -0.2) is 38.9 Å². The monoisotopic (exact) mass is 386 g/mol. The van der Waals surface area contributed by atoms with Gasteiger partial charge in [-0.15, -0.1) is 0 Å². The zero-order valence-corrected chi connectivity index (χ0v) is 16.6. The van der Waals surface area contributed by atoms with Crippen LogP contribution in [-0.2, 0) is 21.2 Å². The second-order valence-electron chi connectivity index (χ2n) is 7.27. The van der Waals surface area contributed by atoms with E-state index in [1.165, 1.54) is 5.56 Å². The fourth-order valence-electron chi connectivity index (χ4n) is 3.52. The molecule has 1 unspecified atom stereocenters. The van der Waals surface area contributed by atoms with Gasteiger partial charge in [0.1, 0.15) is 0 Å². The summed E-state index contributed by atoms with van der Waals surface area (Å²) in [5.74, 6) is 0.107. The SMILES string of the molecule is Cc1ccc(S(=O)(=O)NCC2CC(=O)N(CCc3ccccc3)C2)c(C)c1. The first-order valence-corrected chi connectivity index (χ1v) is 10.7.